The van der Waals surface area contributed by atoms with E-state index in [0.29, 0.717) is 19.4 Å². The fourth-order valence-corrected chi connectivity index (χ4v) is 2.14. The molecule has 0 aromatic heterocycles. The molecule has 1 fully saturated rings. The number of ether oxygens (including phenoxy) is 1. The first-order valence-electron chi connectivity index (χ1n) is 8.69. The number of carbonyl (C=O) groups excluding carboxylic acids is 3. The number of carbonyl (C=O) groups is 3. The molecule has 0 aromatic carbocycles. The topological polar surface area (TPSA) is 63.7 Å². The van der Waals surface area contributed by atoms with Crippen molar-refractivity contribution in [2.45, 2.75) is 79.2 Å². The molecule has 1 rings (SSSR count). The molecule has 0 spiro atoms. The van der Waals surface area contributed by atoms with Crippen LogP contribution in [0.5, 0.6) is 0 Å². The normalized spacial score (nSPS) is 17.8. The van der Waals surface area contributed by atoms with Gasteiger partial charge in [0.25, 0.3) is 5.91 Å². The molecule has 0 N–H and O–H groups in total. The highest BCUT2D eigenvalue weighted by Crippen LogP contribution is 2.25. The largest absolute Gasteiger partial charge is 0.467 e. The van der Waals surface area contributed by atoms with Crippen molar-refractivity contribution < 1.29 is 19.1 Å². The van der Waals surface area contributed by atoms with Crippen LogP contribution in [-0.4, -0.2) is 42.3 Å². The van der Waals surface area contributed by atoms with Gasteiger partial charge in [0.05, 0.1) is 7.11 Å². The van der Waals surface area contributed by atoms with Crippen molar-refractivity contribution in [3.8, 4) is 0 Å². The van der Waals surface area contributed by atoms with Gasteiger partial charge in [-0.15, -0.1) is 0 Å². The Morgan fingerprint density at radius 1 is 1.09 bits per heavy atom. The summed E-state index contributed by atoms with van der Waals surface area (Å²) in [5, 5.41) is 0. The lowest BCUT2D eigenvalue weighted by atomic mass is 9.84. The lowest BCUT2D eigenvalue weighted by Gasteiger charge is -2.35. The van der Waals surface area contributed by atoms with Crippen molar-refractivity contribution >= 4 is 17.7 Å². The van der Waals surface area contributed by atoms with Gasteiger partial charge in [0.1, 0.15) is 6.04 Å². The van der Waals surface area contributed by atoms with Gasteiger partial charge >= 0.3 is 5.97 Å². The van der Waals surface area contributed by atoms with E-state index in [1.54, 1.807) is 13.8 Å². The van der Waals surface area contributed by atoms with E-state index in [2.05, 4.69) is 13.8 Å². The lowest BCUT2D eigenvalue weighted by Crippen LogP contribution is -2.52. The number of nitrogens with zero attached hydrogens (tertiary/aromatic N) is 1. The van der Waals surface area contributed by atoms with E-state index < -0.39 is 29.1 Å². The Hall–Kier alpha value is -1.39. The maximum absolute atomic E-state index is 12.3. The molecular weight excluding hydrogens is 294 g/mol. The van der Waals surface area contributed by atoms with E-state index in [-0.39, 0.29) is 0 Å². The van der Waals surface area contributed by atoms with Crippen molar-refractivity contribution in [1.29, 1.82) is 0 Å². The van der Waals surface area contributed by atoms with Crippen LogP contribution in [0.25, 0.3) is 0 Å². The van der Waals surface area contributed by atoms with Crippen LogP contribution in [0.2, 0.25) is 0 Å². The number of hydrogen-bond donors (Lipinski definition) is 0. The molecule has 1 aliphatic heterocycles. The number of Topliss-reactive ketones (excluding diaryl/α,β-unsaturated/α-hetero) is 1. The number of methoxy groups -OCH3 is 1. The first kappa shape index (κ1) is 21.6. The molecule has 134 valence electrons. The first-order valence-corrected chi connectivity index (χ1v) is 8.69. The van der Waals surface area contributed by atoms with Crippen LogP contribution in [0.4, 0.5) is 0 Å². The zero-order chi connectivity index (χ0) is 18.0. The molecule has 0 bridgehead atoms. The molecule has 1 unspecified atom stereocenters. The summed E-state index contributed by atoms with van der Waals surface area (Å²) in [4.78, 5) is 37.6. The van der Waals surface area contributed by atoms with Crippen molar-refractivity contribution in [2.75, 3.05) is 13.7 Å². The van der Waals surface area contributed by atoms with Crippen LogP contribution in [-0.2, 0) is 19.1 Å². The van der Waals surface area contributed by atoms with Gasteiger partial charge in [0.2, 0.25) is 5.78 Å². The zero-order valence-electron chi connectivity index (χ0n) is 15.6. The minimum Gasteiger partial charge on any atom is -0.467 e. The Morgan fingerprint density at radius 3 is 2.09 bits per heavy atom. The van der Waals surface area contributed by atoms with Gasteiger partial charge in [-0.2, -0.15) is 0 Å². The lowest BCUT2D eigenvalue weighted by molar-refractivity contribution is -0.159. The van der Waals surface area contributed by atoms with Crippen molar-refractivity contribution in [1.82, 2.24) is 4.90 Å². The molecule has 1 heterocycles. The van der Waals surface area contributed by atoms with E-state index in [1.807, 2.05) is 6.92 Å². The molecule has 0 radical (unpaired) electrons. The maximum Gasteiger partial charge on any atom is 0.328 e. The Bertz CT molecular complexity index is 402. The molecule has 5 heteroatoms. The van der Waals surface area contributed by atoms with Crippen LogP contribution in [0, 0.1) is 5.41 Å². The predicted molar refractivity (Wildman–Crippen MR) is 91.0 cm³/mol. The quantitative estimate of drug-likeness (QED) is 0.574. The smallest absolute Gasteiger partial charge is 0.328 e. The fourth-order valence-electron chi connectivity index (χ4n) is 2.14. The summed E-state index contributed by atoms with van der Waals surface area (Å²) >= 11 is 0. The maximum atomic E-state index is 12.3. The minimum atomic E-state index is -0.685. The Balaban J connectivity index is 0.00000108. The van der Waals surface area contributed by atoms with Crippen LogP contribution >= 0.6 is 0 Å². The third kappa shape index (κ3) is 6.32. The minimum absolute atomic E-state index is 0.425. The third-order valence-electron chi connectivity index (χ3n) is 4.43. The number of ketones is 1. The number of amides is 1. The number of rotatable bonds is 5. The molecule has 1 amide bonds. The van der Waals surface area contributed by atoms with Gasteiger partial charge in [0.15, 0.2) is 0 Å². The van der Waals surface area contributed by atoms with Crippen LogP contribution in [0.1, 0.15) is 73.1 Å². The summed E-state index contributed by atoms with van der Waals surface area (Å²) in [6.45, 7) is 10.2. The Morgan fingerprint density at radius 2 is 1.65 bits per heavy atom. The molecule has 0 aliphatic carbocycles. The number of esters is 1. The van der Waals surface area contributed by atoms with Crippen molar-refractivity contribution in [3.63, 3.8) is 0 Å². The number of unbranched alkanes of at least 4 members (excludes halogenated alkanes) is 1. The standard InChI is InChI=1S/C14H23NO4.C4H10/c1-5-14(2,3)11(16)12(17)15-9-7-6-8-10(15)13(18)19-4;1-3-4-2/h10H,5-9H2,1-4H3;3-4H2,1-2H3. The first-order chi connectivity index (χ1) is 10.8. The molecule has 23 heavy (non-hydrogen) atoms. The van der Waals surface area contributed by atoms with Crippen molar-refractivity contribution in [3.05, 3.63) is 0 Å². The molecule has 5 nitrogen and oxygen atoms in total. The van der Waals surface area contributed by atoms with E-state index in [9.17, 15) is 14.4 Å². The molecule has 1 atom stereocenters. The second-order valence-electron chi connectivity index (χ2n) is 6.60. The molecule has 0 aromatic rings. The van der Waals surface area contributed by atoms with Gasteiger partial charge in [0, 0.05) is 12.0 Å². The highest BCUT2D eigenvalue weighted by molar-refractivity contribution is 6.38. The fraction of sp³-hybridized carbons (Fsp3) is 0.833. The van der Waals surface area contributed by atoms with Gasteiger partial charge < -0.3 is 9.64 Å². The van der Waals surface area contributed by atoms with Crippen LogP contribution < -0.4 is 0 Å². The summed E-state index contributed by atoms with van der Waals surface area (Å²) < 4.78 is 4.72. The highest BCUT2D eigenvalue weighted by atomic mass is 16.5. The van der Waals surface area contributed by atoms with Gasteiger partial charge in [-0.05, 0) is 25.7 Å². The molecule has 0 saturated carbocycles. The van der Waals surface area contributed by atoms with Gasteiger partial charge in [-0.3, -0.25) is 9.59 Å². The summed E-state index contributed by atoms with van der Waals surface area (Å²) in [7, 11) is 1.30. The summed E-state index contributed by atoms with van der Waals surface area (Å²) in [5.41, 5.74) is -0.685. The molecular formula is C18H33NO4. The SMILES string of the molecule is CCC(C)(C)C(=O)C(=O)N1CCCCC1C(=O)OC.CCCC. The van der Waals surface area contributed by atoms with E-state index in [1.165, 1.54) is 24.9 Å². The number of piperidine rings is 1. The Labute approximate surface area is 140 Å². The monoisotopic (exact) mass is 327 g/mol. The summed E-state index contributed by atoms with van der Waals surface area (Å²) in [5.74, 6) is -1.41. The number of likely N-dealkylation sites (tertiary alicyclic amines) is 1. The van der Waals surface area contributed by atoms with E-state index in [4.69, 9.17) is 4.74 Å². The highest BCUT2D eigenvalue weighted by Gasteiger charge is 2.40. The van der Waals surface area contributed by atoms with Gasteiger partial charge in [-0.25, -0.2) is 4.79 Å². The average Bonchev–Trinajstić information content (AvgIpc) is 2.59. The number of hydrogen-bond acceptors (Lipinski definition) is 4. The second-order valence-corrected chi connectivity index (χ2v) is 6.60. The summed E-state index contributed by atoms with van der Waals surface area (Å²) in [6, 6.07) is -0.608. The average molecular weight is 327 g/mol. The summed E-state index contributed by atoms with van der Waals surface area (Å²) in [6.07, 6.45) is 5.49. The zero-order valence-corrected chi connectivity index (χ0v) is 15.6. The van der Waals surface area contributed by atoms with E-state index >= 15 is 0 Å². The second kappa shape index (κ2) is 10.4. The Kier molecular flexibility index (Phi) is 9.77. The van der Waals surface area contributed by atoms with E-state index in [0.717, 1.165) is 12.8 Å². The predicted octanol–water partition coefficient (Wildman–Crippen LogP) is 3.35. The van der Waals surface area contributed by atoms with Crippen LogP contribution in [0.15, 0.2) is 0 Å². The van der Waals surface area contributed by atoms with Crippen molar-refractivity contribution in [2.24, 2.45) is 5.41 Å². The molecule has 1 aliphatic rings. The van der Waals surface area contributed by atoms with Gasteiger partial charge in [-0.1, -0.05) is 47.5 Å². The third-order valence-corrected chi connectivity index (χ3v) is 4.43. The molecule has 1 saturated heterocycles. The van der Waals surface area contributed by atoms with Crippen LogP contribution in [0.3, 0.4) is 0 Å².